The van der Waals surface area contributed by atoms with Crippen molar-refractivity contribution in [3.8, 4) is 0 Å². The summed E-state index contributed by atoms with van der Waals surface area (Å²) in [7, 11) is 2.13. The highest BCUT2D eigenvalue weighted by atomic mass is 79.9. The standard InChI is InChI=1S/C8H11Br2NS/c1-11(5-4-9)6-7-2-3-8(10)12-7/h2-3H,4-6H2,1H3. The molecule has 0 radical (unpaired) electrons. The second-order valence-electron chi connectivity index (χ2n) is 2.63. The second-order valence-corrected chi connectivity index (χ2v) is 5.97. The van der Waals surface area contributed by atoms with Crippen LogP contribution < -0.4 is 0 Å². The zero-order valence-corrected chi connectivity index (χ0v) is 10.9. The lowest BCUT2D eigenvalue weighted by atomic mass is 10.4. The lowest BCUT2D eigenvalue weighted by Crippen LogP contribution is -2.19. The highest BCUT2D eigenvalue weighted by molar-refractivity contribution is 9.11. The minimum atomic E-state index is 1.04. The molecule has 0 unspecified atom stereocenters. The van der Waals surface area contributed by atoms with Gasteiger partial charge in [0.15, 0.2) is 0 Å². The molecule has 0 aliphatic heterocycles. The molecule has 0 spiro atoms. The molecule has 0 fully saturated rings. The number of rotatable bonds is 4. The summed E-state index contributed by atoms with van der Waals surface area (Å²) in [5, 5.41) is 1.04. The Labute approximate surface area is 94.0 Å². The molecule has 0 saturated heterocycles. The van der Waals surface area contributed by atoms with Crippen LogP contribution in [0.1, 0.15) is 4.88 Å². The second kappa shape index (κ2) is 5.37. The first-order valence-electron chi connectivity index (χ1n) is 3.71. The molecule has 1 aromatic rings. The van der Waals surface area contributed by atoms with Gasteiger partial charge >= 0.3 is 0 Å². The average molecular weight is 313 g/mol. The fourth-order valence-electron chi connectivity index (χ4n) is 0.926. The van der Waals surface area contributed by atoms with Gasteiger partial charge in [0.2, 0.25) is 0 Å². The van der Waals surface area contributed by atoms with Crippen LogP contribution in [-0.2, 0) is 6.54 Å². The van der Waals surface area contributed by atoms with Crippen molar-refractivity contribution in [3.05, 3.63) is 20.8 Å². The molecule has 0 saturated carbocycles. The smallest absolute Gasteiger partial charge is 0.0701 e. The van der Waals surface area contributed by atoms with Crippen LogP contribution in [-0.4, -0.2) is 23.8 Å². The van der Waals surface area contributed by atoms with Gasteiger partial charge in [-0.1, -0.05) is 15.9 Å². The third-order valence-corrected chi connectivity index (χ3v) is 3.48. The van der Waals surface area contributed by atoms with Gasteiger partial charge in [-0.25, -0.2) is 0 Å². The van der Waals surface area contributed by atoms with Crippen LogP contribution in [0.2, 0.25) is 0 Å². The van der Waals surface area contributed by atoms with Crippen molar-refractivity contribution in [1.82, 2.24) is 4.90 Å². The maximum atomic E-state index is 3.45. The molecule has 0 aliphatic carbocycles. The Bertz CT molecular complexity index is 237. The van der Waals surface area contributed by atoms with Crippen molar-refractivity contribution < 1.29 is 0 Å². The topological polar surface area (TPSA) is 3.24 Å². The Balaban J connectivity index is 2.41. The lowest BCUT2D eigenvalue weighted by Gasteiger charge is -2.12. The molecule has 0 atom stereocenters. The number of hydrogen-bond donors (Lipinski definition) is 0. The van der Waals surface area contributed by atoms with Crippen LogP contribution in [0.15, 0.2) is 15.9 Å². The summed E-state index contributed by atoms with van der Waals surface area (Å²) in [5.41, 5.74) is 0. The molecule has 1 nitrogen and oxygen atoms in total. The molecule has 1 rings (SSSR count). The predicted octanol–water partition coefficient (Wildman–Crippen LogP) is 3.34. The van der Waals surface area contributed by atoms with E-state index in [0.717, 1.165) is 18.4 Å². The van der Waals surface area contributed by atoms with Crippen molar-refractivity contribution in [2.75, 3.05) is 18.9 Å². The molecule has 68 valence electrons. The Morgan fingerprint density at radius 3 is 2.75 bits per heavy atom. The summed E-state index contributed by atoms with van der Waals surface area (Å²) in [6, 6.07) is 4.27. The Morgan fingerprint density at radius 2 is 2.25 bits per heavy atom. The SMILES string of the molecule is CN(CCBr)Cc1ccc(Br)s1. The van der Waals surface area contributed by atoms with E-state index < -0.39 is 0 Å². The van der Waals surface area contributed by atoms with E-state index >= 15 is 0 Å². The van der Waals surface area contributed by atoms with E-state index in [-0.39, 0.29) is 0 Å². The van der Waals surface area contributed by atoms with Gasteiger partial charge in [-0.3, -0.25) is 0 Å². The number of hydrogen-bond acceptors (Lipinski definition) is 2. The zero-order valence-electron chi connectivity index (χ0n) is 6.89. The number of alkyl halides is 1. The quantitative estimate of drug-likeness (QED) is 0.771. The van der Waals surface area contributed by atoms with Crippen molar-refractivity contribution >= 4 is 43.2 Å². The number of thiophene rings is 1. The maximum Gasteiger partial charge on any atom is 0.0701 e. The number of nitrogens with zero attached hydrogens (tertiary/aromatic N) is 1. The van der Waals surface area contributed by atoms with Gasteiger partial charge in [-0.15, -0.1) is 11.3 Å². The van der Waals surface area contributed by atoms with E-state index in [1.54, 1.807) is 11.3 Å². The molecule has 0 bridgehead atoms. The largest absolute Gasteiger partial charge is 0.300 e. The molecular formula is C8H11Br2NS. The molecule has 0 aliphatic rings. The van der Waals surface area contributed by atoms with E-state index in [1.807, 2.05) is 0 Å². The van der Waals surface area contributed by atoms with Gasteiger partial charge in [0.05, 0.1) is 3.79 Å². The van der Waals surface area contributed by atoms with Gasteiger partial charge < -0.3 is 4.90 Å². The summed E-state index contributed by atoms with van der Waals surface area (Å²) >= 11 is 8.67. The predicted molar refractivity (Wildman–Crippen MR) is 62.1 cm³/mol. The highest BCUT2D eigenvalue weighted by Gasteiger charge is 2.01. The Kier molecular flexibility index (Phi) is 4.79. The first-order valence-corrected chi connectivity index (χ1v) is 6.44. The molecule has 12 heavy (non-hydrogen) atoms. The van der Waals surface area contributed by atoms with Crippen LogP contribution in [0.4, 0.5) is 0 Å². The number of halogens is 2. The summed E-state index contributed by atoms with van der Waals surface area (Å²) in [6.45, 7) is 2.14. The van der Waals surface area contributed by atoms with E-state index in [2.05, 4.69) is 55.9 Å². The van der Waals surface area contributed by atoms with Crippen molar-refractivity contribution in [1.29, 1.82) is 0 Å². The van der Waals surface area contributed by atoms with Gasteiger partial charge in [-0.2, -0.15) is 0 Å². The molecule has 1 heterocycles. The summed E-state index contributed by atoms with van der Waals surface area (Å²) in [4.78, 5) is 3.71. The van der Waals surface area contributed by atoms with Crippen molar-refractivity contribution in [2.24, 2.45) is 0 Å². The van der Waals surface area contributed by atoms with E-state index in [9.17, 15) is 0 Å². The zero-order chi connectivity index (χ0) is 8.97. The summed E-state index contributed by atoms with van der Waals surface area (Å²) < 4.78 is 1.21. The maximum absolute atomic E-state index is 3.45. The lowest BCUT2D eigenvalue weighted by molar-refractivity contribution is 0.353. The molecule has 4 heteroatoms. The third-order valence-electron chi connectivity index (χ3n) is 1.52. The molecule has 0 amide bonds. The van der Waals surface area contributed by atoms with Gasteiger partial charge in [-0.05, 0) is 35.1 Å². The Hall–Kier alpha value is 0.620. The normalized spacial score (nSPS) is 11.0. The van der Waals surface area contributed by atoms with Crippen molar-refractivity contribution in [2.45, 2.75) is 6.54 Å². The average Bonchev–Trinajstić information content (AvgIpc) is 2.36. The fourth-order valence-corrected chi connectivity index (χ4v) is 3.09. The first-order chi connectivity index (χ1) is 5.72. The minimum absolute atomic E-state index is 1.04. The van der Waals surface area contributed by atoms with Gasteiger partial charge in [0.1, 0.15) is 0 Å². The first kappa shape index (κ1) is 10.7. The van der Waals surface area contributed by atoms with Crippen LogP contribution in [0, 0.1) is 0 Å². The van der Waals surface area contributed by atoms with Crippen LogP contribution in [0.5, 0.6) is 0 Å². The minimum Gasteiger partial charge on any atom is -0.300 e. The van der Waals surface area contributed by atoms with Crippen LogP contribution >= 0.6 is 43.2 Å². The van der Waals surface area contributed by atoms with Gasteiger partial charge in [0, 0.05) is 23.3 Å². The van der Waals surface area contributed by atoms with Crippen molar-refractivity contribution in [3.63, 3.8) is 0 Å². The molecular weight excluding hydrogens is 302 g/mol. The summed E-state index contributed by atoms with van der Waals surface area (Å²) in [6.07, 6.45) is 0. The fraction of sp³-hybridized carbons (Fsp3) is 0.500. The van der Waals surface area contributed by atoms with Crippen LogP contribution in [0.25, 0.3) is 0 Å². The van der Waals surface area contributed by atoms with E-state index in [0.29, 0.717) is 0 Å². The van der Waals surface area contributed by atoms with Gasteiger partial charge in [0.25, 0.3) is 0 Å². The van der Waals surface area contributed by atoms with E-state index in [1.165, 1.54) is 8.66 Å². The monoisotopic (exact) mass is 311 g/mol. The molecule has 1 aromatic heterocycles. The van der Waals surface area contributed by atoms with Crippen LogP contribution in [0.3, 0.4) is 0 Å². The van der Waals surface area contributed by atoms with E-state index in [4.69, 9.17) is 0 Å². The highest BCUT2D eigenvalue weighted by Crippen LogP contribution is 2.22. The summed E-state index contributed by atoms with van der Waals surface area (Å²) in [5.74, 6) is 0. The Morgan fingerprint density at radius 1 is 1.50 bits per heavy atom. The molecule has 0 N–H and O–H groups in total. The third kappa shape index (κ3) is 3.56. The molecule has 0 aromatic carbocycles.